The molecule has 0 aromatic carbocycles. The van der Waals surface area contributed by atoms with Gasteiger partial charge in [0.25, 0.3) is 5.56 Å². The summed E-state index contributed by atoms with van der Waals surface area (Å²) in [5, 5.41) is 4.17. The first-order valence-electron chi connectivity index (χ1n) is 8.50. The van der Waals surface area contributed by atoms with Gasteiger partial charge in [0.2, 0.25) is 15.9 Å². The molecule has 0 unspecified atom stereocenters. The number of rotatable bonds is 6. The number of nitrogens with zero attached hydrogens (tertiary/aromatic N) is 2. The summed E-state index contributed by atoms with van der Waals surface area (Å²) in [6.45, 7) is 0.371. The smallest absolute Gasteiger partial charge is 0.350 e. The molecule has 0 radical (unpaired) electrons. The van der Waals surface area contributed by atoms with E-state index in [1.165, 1.54) is 29.7 Å². The third-order valence-corrected chi connectivity index (χ3v) is 7.10. The minimum Gasteiger partial charge on any atom is -0.465 e. The Morgan fingerprint density at radius 1 is 1.25 bits per heavy atom. The van der Waals surface area contributed by atoms with E-state index >= 15 is 0 Å². The van der Waals surface area contributed by atoms with E-state index in [-0.39, 0.29) is 15.5 Å². The van der Waals surface area contributed by atoms with Crippen LogP contribution in [0.4, 0.5) is 5.69 Å². The van der Waals surface area contributed by atoms with Crippen LogP contribution < -0.4 is 10.9 Å². The lowest BCUT2D eigenvalue weighted by molar-refractivity contribution is -0.116. The summed E-state index contributed by atoms with van der Waals surface area (Å²) < 4.78 is 32.3. The number of methoxy groups -OCH3 is 1. The van der Waals surface area contributed by atoms with Crippen LogP contribution in [0.5, 0.6) is 0 Å². The molecule has 28 heavy (non-hydrogen) atoms. The molecule has 150 valence electrons. The summed E-state index contributed by atoms with van der Waals surface area (Å²) in [6.07, 6.45) is 2.86. The lowest BCUT2D eigenvalue weighted by Crippen LogP contribution is -2.36. The minimum absolute atomic E-state index is 0.230. The lowest BCUT2D eigenvalue weighted by Gasteiger charge is -2.16. The first-order chi connectivity index (χ1) is 13.3. The van der Waals surface area contributed by atoms with Crippen molar-refractivity contribution in [2.75, 3.05) is 25.5 Å². The van der Waals surface area contributed by atoms with E-state index in [1.807, 2.05) is 0 Å². The van der Waals surface area contributed by atoms with Crippen molar-refractivity contribution in [2.24, 2.45) is 0 Å². The van der Waals surface area contributed by atoms with Crippen molar-refractivity contribution in [2.45, 2.75) is 24.3 Å². The molecule has 0 aliphatic carbocycles. The van der Waals surface area contributed by atoms with Gasteiger partial charge in [0.05, 0.1) is 12.8 Å². The van der Waals surface area contributed by atoms with E-state index in [1.54, 1.807) is 11.4 Å². The van der Waals surface area contributed by atoms with Crippen LogP contribution in [0.3, 0.4) is 0 Å². The molecule has 2 aromatic rings. The molecule has 1 N–H and O–H groups in total. The fourth-order valence-corrected chi connectivity index (χ4v) is 5.28. The minimum atomic E-state index is -3.89. The van der Waals surface area contributed by atoms with Gasteiger partial charge in [0.15, 0.2) is 0 Å². The first kappa shape index (κ1) is 20.2. The standard InChI is InChI=1S/C17H19N3O6S2/c1-26-17(23)15-12(6-10-27-15)18-14(21)11-19-7-4-5-13(16(19)22)28(24,25)20-8-2-3-9-20/h4-7,10H,2-3,8-9,11H2,1H3,(H,18,21). The number of hydrogen-bond acceptors (Lipinski definition) is 7. The zero-order valence-electron chi connectivity index (χ0n) is 15.1. The number of nitrogens with one attached hydrogen (secondary N) is 1. The molecular formula is C17H19N3O6S2. The van der Waals surface area contributed by atoms with Crippen molar-refractivity contribution in [1.29, 1.82) is 0 Å². The molecule has 3 heterocycles. The summed E-state index contributed by atoms with van der Waals surface area (Å²) >= 11 is 1.11. The zero-order valence-corrected chi connectivity index (χ0v) is 16.7. The van der Waals surface area contributed by atoms with Crippen LogP contribution in [0, 0.1) is 0 Å². The summed E-state index contributed by atoms with van der Waals surface area (Å²) in [4.78, 5) is 36.5. The molecule has 1 aliphatic heterocycles. The molecule has 0 bridgehead atoms. The Morgan fingerprint density at radius 3 is 2.64 bits per heavy atom. The van der Waals surface area contributed by atoms with Crippen LogP contribution in [0.15, 0.2) is 39.5 Å². The maximum atomic E-state index is 12.7. The number of ether oxygens (including phenoxy) is 1. The highest BCUT2D eigenvalue weighted by Crippen LogP contribution is 2.23. The van der Waals surface area contributed by atoms with Gasteiger partial charge >= 0.3 is 5.97 Å². The molecule has 11 heteroatoms. The van der Waals surface area contributed by atoms with E-state index in [9.17, 15) is 22.8 Å². The molecule has 1 aliphatic rings. The fourth-order valence-electron chi connectivity index (χ4n) is 2.91. The van der Waals surface area contributed by atoms with Crippen LogP contribution in [-0.4, -0.2) is 49.4 Å². The Kier molecular flexibility index (Phi) is 5.96. The third-order valence-electron chi connectivity index (χ3n) is 4.29. The topological polar surface area (TPSA) is 115 Å². The van der Waals surface area contributed by atoms with Gasteiger partial charge in [-0.3, -0.25) is 9.59 Å². The number of carbonyl (C=O) groups excluding carboxylic acids is 2. The maximum absolute atomic E-state index is 12.7. The molecule has 9 nitrogen and oxygen atoms in total. The Hall–Kier alpha value is -2.50. The second-order valence-corrected chi connectivity index (χ2v) is 8.94. The summed E-state index contributed by atoms with van der Waals surface area (Å²) in [5.74, 6) is -1.15. The van der Waals surface area contributed by atoms with Crippen LogP contribution in [0.25, 0.3) is 0 Å². The van der Waals surface area contributed by atoms with Crippen LogP contribution >= 0.6 is 11.3 Å². The van der Waals surface area contributed by atoms with Crippen molar-refractivity contribution >= 4 is 38.9 Å². The van der Waals surface area contributed by atoms with Gasteiger partial charge in [-0.1, -0.05) is 0 Å². The number of hydrogen-bond donors (Lipinski definition) is 1. The third kappa shape index (κ3) is 4.01. The van der Waals surface area contributed by atoms with Gasteiger partial charge in [-0.15, -0.1) is 11.3 Å². The van der Waals surface area contributed by atoms with Gasteiger partial charge < -0.3 is 14.6 Å². The monoisotopic (exact) mass is 425 g/mol. The number of sulfonamides is 1. The van der Waals surface area contributed by atoms with Gasteiger partial charge in [-0.25, -0.2) is 13.2 Å². The Labute approximate surface area is 165 Å². The molecule has 2 aromatic heterocycles. The van der Waals surface area contributed by atoms with E-state index in [4.69, 9.17) is 0 Å². The molecule has 3 rings (SSSR count). The number of carbonyl (C=O) groups is 2. The summed E-state index contributed by atoms with van der Waals surface area (Å²) in [7, 11) is -2.65. The number of aromatic nitrogens is 1. The highest BCUT2D eigenvalue weighted by molar-refractivity contribution is 7.89. The average molecular weight is 425 g/mol. The normalized spacial score (nSPS) is 14.8. The molecule has 0 spiro atoms. The molecule has 0 saturated carbocycles. The van der Waals surface area contributed by atoms with Crippen molar-refractivity contribution in [1.82, 2.24) is 8.87 Å². The second-order valence-electron chi connectivity index (χ2n) is 6.12. The van der Waals surface area contributed by atoms with Crippen molar-refractivity contribution in [3.8, 4) is 0 Å². The van der Waals surface area contributed by atoms with Crippen LogP contribution in [0.1, 0.15) is 22.5 Å². The predicted molar refractivity (Wildman–Crippen MR) is 103 cm³/mol. The predicted octanol–water partition coefficient (Wildman–Crippen LogP) is 1.12. The largest absolute Gasteiger partial charge is 0.465 e. The molecule has 1 fully saturated rings. The Bertz CT molecular complexity index is 1050. The van der Waals surface area contributed by atoms with E-state index < -0.39 is 34.0 Å². The van der Waals surface area contributed by atoms with Gasteiger partial charge in [0.1, 0.15) is 16.3 Å². The Morgan fingerprint density at radius 2 is 1.96 bits per heavy atom. The van der Waals surface area contributed by atoms with E-state index in [0.717, 1.165) is 28.7 Å². The van der Waals surface area contributed by atoms with Gasteiger partial charge in [0, 0.05) is 19.3 Å². The first-order valence-corrected chi connectivity index (χ1v) is 10.8. The molecule has 0 atom stereocenters. The maximum Gasteiger partial charge on any atom is 0.350 e. The molecular weight excluding hydrogens is 406 g/mol. The average Bonchev–Trinajstić information content (AvgIpc) is 3.35. The molecule has 1 saturated heterocycles. The fraction of sp³-hybridized carbons (Fsp3) is 0.353. The lowest BCUT2D eigenvalue weighted by atomic mass is 10.3. The van der Waals surface area contributed by atoms with E-state index in [0.29, 0.717) is 13.1 Å². The molecule has 1 amide bonds. The number of pyridine rings is 1. The van der Waals surface area contributed by atoms with Crippen LogP contribution in [-0.2, 0) is 26.1 Å². The summed E-state index contributed by atoms with van der Waals surface area (Å²) in [6, 6.07) is 4.21. The highest BCUT2D eigenvalue weighted by atomic mass is 32.2. The van der Waals surface area contributed by atoms with Crippen molar-refractivity contribution in [3.05, 3.63) is 45.0 Å². The van der Waals surface area contributed by atoms with Crippen molar-refractivity contribution in [3.63, 3.8) is 0 Å². The number of anilines is 1. The van der Waals surface area contributed by atoms with Crippen LogP contribution in [0.2, 0.25) is 0 Å². The number of thiophene rings is 1. The zero-order chi connectivity index (χ0) is 20.3. The SMILES string of the molecule is COC(=O)c1sccc1NC(=O)Cn1cccc(S(=O)(=O)N2CCCC2)c1=O. The highest BCUT2D eigenvalue weighted by Gasteiger charge is 2.30. The number of esters is 1. The number of amides is 1. The Balaban J connectivity index is 1.80. The van der Waals surface area contributed by atoms with E-state index in [2.05, 4.69) is 10.1 Å². The quantitative estimate of drug-likeness (QED) is 0.694. The van der Waals surface area contributed by atoms with Gasteiger partial charge in [-0.05, 0) is 36.4 Å². The van der Waals surface area contributed by atoms with Crippen molar-refractivity contribution < 1.29 is 22.7 Å². The van der Waals surface area contributed by atoms with Gasteiger partial charge in [-0.2, -0.15) is 4.31 Å². The second kappa shape index (κ2) is 8.25. The summed E-state index contributed by atoms with van der Waals surface area (Å²) in [5.41, 5.74) is -0.487.